The Balaban J connectivity index is 1.90. The van der Waals surface area contributed by atoms with Crippen LogP contribution in [0.15, 0.2) is 5.38 Å². The molecule has 1 aliphatic rings. The minimum Gasteiger partial charge on any atom is -0.392 e. The number of thiazole rings is 1. The SMILES string of the molecule is CC(C)(C)c1nc(CNC2CC(O)C2(C)C)cs1. The second kappa shape index (κ2) is 4.58. The molecule has 1 aliphatic carbocycles. The van der Waals surface area contributed by atoms with E-state index in [9.17, 15) is 5.11 Å². The number of hydrogen-bond donors (Lipinski definition) is 2. The van der Waals surface area contributed by atoms with Crippen molar-refractivity contribution in [3.8, 4) is 0 Å². The summed E-state index contributed by atoms with van der Waals surface area (Å²) in [6.45, 7) is 11.6. The average Bonchev–Trinajstić information content (AvgIpc) is 2.72. The standard InChI is InChI=1S/C14H24N2OS/c1-13(2,3)12-16-9(8-18-12)7-15-10-6-11(17)14(10,4)5/h8,10-11,15,17H,6-7H2,1-5H3. The fourth-order valence-corrected chi connectivity index (χ4v) is 3.12. The average molecular weight is 268 g/mol. The molecule has 1 fully saturated rings. The Kier molecular flexibility index (Phi) is 3.56. The van der Waals surface area contributed by atoms with Crippen LogP contribution in [0.4, 0.5) is 0 Å². The lowest BCUT2D eigenvalue weighted by atomic mass is 9.64. The van der Waals surface area contributed by atoms with Crippen LogP contribution in [0.1, 0.15) is 51.7 Å². The number of rotatable bonds is 3. The Morgan fingerprint density at radius 1 is 1.50 bits per heavy atom. The highest BCUT2D eigenvalue weighted by Crippen LogP contribution is 2.40. The lowest BCUT2D eigenvalue weighted by Crippen LogP contribution is -2.59. The Hall–Kier alpha value is -0.450. The predicted octanol–water partition coefficient (Wildman–Crippen LogP) is 2.69. The summed E-state index contributed by atoms with van der Waals surface area (Å²) < 4.78 is 0. The molecule has 2 atom stereocenters. The molecule has 1 heterocycles. The van der Waals surface area contributed by atoms with Gasteiger partial charge in [-0.25, -0.2) is 4.98 Å². The molecule has 18 heavy (non-hydrogen) atoms. The molecule has 102 valence electrons. The summed E-state index contributed by atoms with van der Waals surface area (Å²) in [6.07, 6.45) is 0.680. The van der Waals surface area contributed by atoms with Crippen molar-refractivity contribution in [1.82, 2.24) is 10.3 Å². The summed E-state index contributed by atoms with van der Waals surface area (Å²) >= 11 is 1.73. The monoisotopic (exact) mass is 268 g/mol. The molecule has 0 radical (unpaired) electrons. The van der Waals surface area contributed by atoms with Gasteiger partial charge >= 0.3 is 0 Å². The molecule has 0 saturated heterocycles. The second-order valence-corrected chi connectivity index (χ2v) is 7.76. The van der Waals surface area contributed by atoms with Crippen molar-refractivity contribution in [2.24, 2.45) is 5.41 Å². The van der Waals surface area contributed by atoms with E-state index in [1.54, 1.807) is 11.3 Å². The van der Waals surface area contributed by atoms with Crippen molar-refractivity contribution >= 4 is 11.3 Å². The van der Waals surface area contributed by atoms with E-state index in [0.717, 1.165) is 18.7 Å². The van der Waals surface area contributed by atoms with Gasteiger partial charge in [0.15, 0.2) is 0 Å². The van der Waals surface area contributed by atoms with E-state index in [-0.39, 0.29) is 16.9 Å². The van der Waals surface area contributed by atoms with Gasteiger partial charge in [0.2, 0.25) is 0 Å². The lowest BCUT2D eigenvalue weighted by Gasteiger charge is -2.49. The van der Waals surface area contributed by atoms with E-state index in [2.05, 4.69) is 50.3 Å². The van der Waals surface area contributed by atoms with Crippen LogP contribution >= 0.6 is 11.3 Å². The lowest BCUT2D eigenvalue weighted by molar-refractivity contribution is -0.0730. The van der Waals surface area contributed by atoms with Gasteiger partial charge in [0.05, 0.1) is 16.8 Å². The smallest absolute Gasteiger partial charge is 0.0982 e. The first-order valence-corrected chi connectivity index (χ1v) is 7.45. The minimum absolute atomic E-state index is 0.0110. The quantitative estimate of drug-likeness (QED) is 0.886. The molecule has 3 nitrogen and oxygen atoms in total. The van der Waals surface area contributed by atoms with Crippen molar-refractivity contribution in [3.63, 3.8) is 0 Å². The van der Waals surface area contributed by atoms with Crippen molar-refractivity contribution in [2.45, 2.75) is 65.1 Å². The Morgan fingerprint density at radius 2 is 2.17 bits per heavy atom. The maximum atomic E-state index is 9.70. The van der Waals surface area contributed by atoms with Crippen molar-refractivity contribution < 1.29 is 5.11 Å². The fraction of sp³-hybridized carbons (Fsp3) is 0.786. The molecule has 1 aromatic rings. The second-order valence-electron chi connectivity index (χ2n) is 6.90. The van der Waals surface area contributed by atoms with E-state index in [0.29, 0.717) is 6.04 Å². The zero-order valence-corrected chi connectivity index (χ0v) is 12.8. The molecule has 0 bridgehead atoms. The maximum absolute atomic E-state index is 9.70. The van der Waals surface area contributed by atoms with Crippen LogP contribution < -0.4 is 5.32 Å². The molecule has 4 heteroatoms. The van der Waals surface area contributed by atoms with Gasteiger partial charge in [-0.2, -0.15) is 0 Å². The van der Waals surface area contributed by atoms with Gasteiger partial charge in [-0.05, 0) is 6.42 Å². The highest BCUT2D eigenvalue weighted by molar-refractivity contribution is 7.09. The number of aromatic nitrogens is 1. The fourth-order valence-electron chi connectivity index (χ4n) is 2.21. The van der Waals surface area contributed by atoms with Crippen molar-refractivity contribution in [2.75, 3.05) is 0 Å². The normalized spacial score (nSPS) is 27.0. The van der Waals surface area contributed by atoms with E-state index in [1.807, 2.05) is 0 Å². The molecule has 2 unspecified atom stereocenters. The summed E-state index contributed by atoms with van der Waals surface area (Å²) in [5.74, 6) is 0. The van der Waals surface area contributed by atoms with E-state index in [4.69, 9.17) is 0 Å². The Bertz CT molecular complexity index is 420. The first-order chi connectivity index (χ1) is 8.21. The van der Waals surface area contributed by atoms with Crippen LogP contribution in [-0.4, -0.2) is 22.2 Å². The molecule has 0 amide bonds. The zero-order chi connectivity index (χ0) is 13.6. The van der Waals surface area contributed by atoms with Gasteiger partial charge in [-0.1, -0.05) is 34.6 Å². The molecule has 2 N–H and O–H groups in total. The maximum Gasteiger partial charge on any atom is 0.0982 e. The minimum atomic E-state index is -0.171. The van der Waals surface area contributed by atoms with E-state index in [1.165, 1.54) is 5.01 Å². The molecule has 1 aromatic heterocycles. The van der Waals surface area contributed by atoms with Crippen molar-refractivity contribution in [1.29, 1.82) is 0 Å². The Labute approximate surface area is 114 Å². The third kappa shape index (κ3) is 2.60. The van der Waals surface area contributed by atoms with Crippen LogP contribution in [0.25, 0.3) is 0 Å². The topological polar surface area (TPSA) is 45.2 Å². The van der Waals surface area contributed by atoms with Gasteiger partial charge in [0.25, 0.3) is 0 Å². The molecule has 0 aliphatic heterocycles. The van der Waals surface area contributed by atoms with Gasteiger partial charge in [0, 0.05) is 28.8 Å². The number of aliphatic hydroxyl groups excluding tert-OH is 1. The van der Waals surface area contributed by atoms with Crippen LogP contribution in [0.2, 0.25) is 0 Å². The van der Waals surface area contributed by atoms with E-state index >= 15 is 0 Å². The van der Waals surface area contributed by atoms with Crippen LogP contribution in [0.3, 0.4) is 0 Å². The molecule has 0 aromatic carbocycles. The van der Waals surface area contributed by atoms with Crippen LogP contribution in [-0.2, 0) is 12.0 Å². The van der Waals surface area contributed by atoms with Crippen molar-refractivity contribution in [3.05, 3.63) is 16.1 Å². The van der Waals surface area contributed by atoms with Gasteiger partial charge in [-0.3, -0.25) is 0 Å². The van der Waals surface area contributed by atoms with Gasteiger partial charge < -0.3 is 10.4 Å². The molecule has 1 saturated carbocycles. The number of aliphatic hydroxyl groups is 1. The first-order valence-electron chi connectivity index (χ1n) is 6.57. The molecule has 2 rings (SSSR count). The van der Waals surface area contributed by atoms with E-state index < -0.39 is 0 Å². The predicted molar refractivity (Wildman–Crippen MR) is 75.8 cm³/mol. The number of nitrogens with one attached hydrogen (secondary N) is 1. The third-order valence-electron chi connectivity index (χ3n) is 3.94. The molecular weight excluding hydrogens is 244 g/mol. The van der Waals surface area contributed by atoms with Gasteiger partial charge in [-0.15, -0.1) is 11.3 Å². The van der Waals surface area contributed by atoms with Crippen LogP contribution in [0.5, 0.6) is 0 Å². The largest absolute Gasteiger partial charge is 0.392 e. The summed E-state index contributed by atoms with van der Waals surface area (Å²) in [7, 11) is 0. The summed E-state index contributed by atoms with van der Waals surface area (Å²) in [5.41, 5.74) is 1.24. The first kappa shape index (κ1) is 14.0. The molecular formula is C14H24N2OS. The summed E-state index contributed by atoms with van der Waals surface area (Å²) in [6, 6.07) is 0.396. The Morgan fingerprint density at radius 3 is 2.61 bits per heavy atom. The third-order valence-corrected chi connectivity index (χ3v) is 5.26. The van der Waals surface area contributed by atoms with Crippen LogP contribution in [0, 0.1) is 5.41 Å². The molecule has 0 spiro atoms. The highest BCUT2D eigenvalue weighted by Gasteiger charge is 2.46. The summed E-state index contributed by atoms with van der Waals surface area (Å²) in [4.78, 5) is 4.67. The number of nitrogens with zero attached hydrogens (tertiary/aromatic N) is 1. The van der Waals surface area contributed by atoms with Gasteiger partial charge in [0.1, 0.15) is 0 Å². The summed E-state index contributed by atoms with van der Waals surface area (Å²) in [5, 5.41) is 16.5. The zero-order valence-electron chi connectivity index (χ0n) is 11.9. The number of hydrogen-bond acceptors (Lipinski definition) is 4. The highest BCUT2D eigenvalue weighted by atomic mass is 32.1.